The SMILES string of the molecule is O=S1(=O)CC2N=C(SCc3ccc(Br)cc3)N(c3ccc(Br)cc3F)C2C1. The highest BCUT2D eigenvalue weighted by Gasteiger charge is 2.47. The molecule has 1 fully saturated rings. The highest BCUT2D eigenvalue weighted by molar-refractivity contribution is 9.10. The molecule has 2 unspecified atom stereocenters. The van der Waals surface area contributed by atoms with Gasteiger partial charge in [0.15, 0.2) is 15.0 Å². The fourth-order valence-electron chi connectivity index (χ4n) is 3.32. The Hall–Kier alpha value is -0.900. The molecule has 1 saturated heterocycles. The van der Waals surface area contributed by atoms with Gasteiger partial charge in [-0.05, 0) is 35.9 Å². The lowest BCUT2D eigenvalue weighted by Crippen LogP contribution is -2.39. The lowest BCUT2D eigenvalue weighted by Gasteiger charge is -2.27. The first-order valence-electron chi connectivity index (χ1n) is 8.22. The van der Waals surface area contributed by atoms with Crippen LogP contribution in [0.15, 0.2) is 56.4 Å². The number of nitrogens with zero attached hydrogens (tertiary/aromatic N) is 2. The van der Waals surface area contributed by atoms with Crippen molar-refractivity contribution in [2.45, 2.75) is 17.8 Å². The Bertz CT molecular complexity index is 1010. The minimum absolute atomic E-state index is 0.000978. The third-order valence-electron chi connectivity index (χ3n) is 4.56. The molecule has 0 radical (unpaired) electrons. The predicted octanol–water partition coefficient (Wildman–Crippen LogP) is 4.63. The van der Waals surface area contributed by atoms with Crippen LogP contribution in [-0.4, -0.2) is 37.2 Å². The molecule has 142 valence electrons. The van der Waals surface area contributed by atoms with E-state index in [1.54, 1.807) is 17.0 Å². The van der Waals surface area contributed by atoms with Crippen LogP contribution in [0.4, 0.5) is 10.1 Å². The summed E-state index contributed by atoms with van der Waals surface area (Å²) in [6, 6.07) is 12.1. The number of hydrogen-bond donors (Lipinski definition) is 0. The summed E-state index contributed by atoms with van der Waals surface area (Å²) < 4.78 is 40.4. The van der Waals surface area contributed by atoms with Gasteiger partial charge in [-0.1, -0.05) is 55.8 Å². The zero-order valence-electron chi connectivity index (χ0n) is 14.0. The van der Waals surface area contributed by atoms with E-state index in [-0.39, 0.29) is 23.6 Å². The van der Waals surface area contributed by atoms with Crippen LogP contribution in [0.1, 0.15) is 5.56 Å². The number of amidine groups is 1. The highest BCUT2D eigenvalue weighted by atomic mass is 79.9. The predicted molar refractivity (Wildman–Crippen MR) is 116 cm³/mol. The number of fused-ring (bicyclic) bond motifs is 1. The molecular formula is C18H15Br2FN2O2S2. The van der Waals surface area contributed by atoms with Gasteiger partial charge in [0.25, 0.3) is 0 Å². The molecule has 0 bridgehead atoms. The van der Waals surface area contributed by atoms with Crippen molar-refractivity contribution in [1.82, 2.24) is 0 Å². The molecule has 2 atom stereocenters. The Morgan fingerprint density at radius 2 is 1.81 bits per heavy atom. The third-order valence-corrected chi connectivity index (χ3v) is 8.32. The number of sulfone groups is 1. The topological polar surface area (TPSA) is 49.7 Å². The Morgan fingerprint density at radius 3 is 2.52 bits per heavy atom. The molecule has 0 amide bonds. The molecule has 0 spiro atoms. The fourth-order valence-corrected chi connectivity index (χ4v) is 6.83. The average molecular weight is 534 g/mol. The van der Waals surface area contributed by atoms with Crippen molar-refractivity contribution in [3.8, 4) is 0 Å². The molecule has 4 rings (SSSR count). The van der Waals surface area contributed by atoms with Gasteiger partial charge in [-0.3, -0.25) is 4.99 Å². The summed E-state index contributed by atoms with van der Waals surface area (Å²) in [4.78, 5) is 6.40. The maximum Gasteiger partial charge on any atom is 0.164 e. The van der Waals surface area contributed by atoms with Crippen molar-refractivity contribution in [1.29, 1.82) is 0 Å². The van der Waals surface area contributed by atoms with Crippen molar-refractivity contribution in [3.63, 3.8) is 0 Å². The van der Waals surface area contributed by atoms with E-state index >= 15 is 0 Å². The fraction of sp³-hybridized carbons (Fsp3) is 0.278. The summed E-state index contributed by atoms with van der Waals surface area (Å²) in [5, 5.41) is 0.670. The van der Waals surface area contributed by atoms with Gasteiger partial charge in [0.1, 0.15) is 5.82 Å². The maximum absolute atomic E-state index is 14.6. The smallest absolute Gasteiger partial charge is 0.164 e. The first kappa shape index (κ1) is 19.4. The van der Waals surface area contributed by atoms with Crippen molar-refractivity contribution < 1.29 is 12.8 Å². The number of halogens is 3. The van der Waals surface area contributed by atoms with Crippen LogP contribution >= 0.6 is 43.6 Å². The Labute approximate surface area is 178 Å². The number of thioether (sulfide) groups is 1. The van der Waals surface area contributed by atoms with Crippen LogP contribution in [0.25, 0.3) is 0 Å². The van der Waals surface area contributed by atoms with Crippen LogP contribution in [-0.2, 0) is 15.6 Å². The standard InChI is InChI=1S/C18H15Br2FN2O2S2/c19-12-3-1-11(2-4-12)8-26-18-22-15-9-27(24,25)10-17(15)23(18)16-6-5-13(20)7-14(16)21/h1-7,15,17H,8-10H2. The van der Waals surface area contributed by atoms with Crippen LogP contribution in [0, 0.1) is 5.82 Å². The summed E-state index contributed by atoms with van der Waals surface area (Å²) in [6.07, 6.45) is 0. The molecule has 2 aromatic carbocycles. The average Bonchev–Trinajstić information content (AvgIpc) is 3.06. The van der Waals surface area contributed by atoms with Gasteiger partial charge in [-0.15, -0.1) is 0 Å². The van der Waals surface area contributed by atoms with E-state index in [0.717, 1.165) is 10.0 Å². The molecule has 2 aliphatic heterocycles. The molecule has 4 nitrogen and oxygen atoms in total. The molecule has 2 aromatic rings. The summed E-state index contributed by atoms with van der Waals surface area (Å²) in [7, 11) is -3.16. The van der Waals surface area contributed by atoms with E-state index in [9.17, 15) is 12.8 Å². The normalized spacial score (nSPS) is 23.4. The summed E-state index contributed by atoms with van der Waals surface area (Å²) >= 11 is 8.19. The molecule has 2 aliphatic rings. The summed E-state index contributed by atoms with van der Waals surface area (Å²) in [6.45, 7) is 0. The molecule has 0 saturated carbocycles. The van der Waals surface area contributed by atoms with Crippen LogP contribution in [0.2, 0.25) is 0 Å². The van der Waals surface area contributed by atoms with E-state index in [2.05, 4.69) is 36.9 Å². The Balaban J connectivity index is 1.64. The van der Waals surface area contributed by atoms with Crippen LogP contribution in [0.5, 0.6) is 0 Å². The molecular weight excluding hydrogens is 519 g/mol. The van der Waals surface area contributed by atoms with Crippen molar-refractivity contribution in [3.05, 3.63) is 62.8 Å². The Kier molecular flexibility index (Phi) is 5.39. The van der Waals surface area contributed by atoms with Crippen molar-refractivity contribution in [2.75, 3.05) is 16.4 Å². The van der Waals surface area contributed by atoms with Gasteiger partial charge >= 0.3 is 0 Å². The number of rotatable bonds is 3. The number of hydrogen-bond acceptors (Lipinski definition) is 5. The lowest BCUT2D eigenvalue weighted by molar-refractivity contribution is 0.600. The van der Waals surface area contributed by atoms with Gasteiger partial charge in [0, 0.05) is 14.7 Å². The van der Waals surface area contributed by atoms with E-state index in [0.29, 0.717) is 21.1 Å². The Morgan fingerprint density at radius 1 is 1.11 bits per heavy atom. The van der Waals surface area contributed by atoms with Crippen molar-refractivity contribution in [2.24, 2.45) is 4.99 Å². The minimum atomic E-state index is -3.16. The first-order chi connectivity index (χ1) is 12.8. The second kappa shape index (κ2) is 7.50. The number of anilines is 1. The van der Waals surface area contributed by atoms with Gasteiger partial charge in [-0.25, -0.2) is 12.8 Å². The van der Waals surface area contributed by atoms with Gasteiger partial charge in [0.2, 0.25) is 0 Å². The zero-order chi connectivity index (χ0) is 19.2. The molecule has 27 heavy (non-hydrogen) atoms. The van der Waals surface area contributed by atoms with E-state index in [1.165, 1.54) is 17.8 Å². The zero-order valence-corrected chi connectivity index (χ0v) is 18.8. The van der Waals surface area contributed by atoms with E-state index in [1.807, 2.05) is 24.3 Å². The van der Waals surface area contributed by atoms with Crippen LogP contribution < -0.4 is 4.90 Å². The third kappa shape index (κ3) is 4.11. The molecule has 0 aromatic heterocycles. The number of benzene rings is 2. The van der Waals surface area contributed by atoms with Crippen LogP contribution in [0.3, 0.4) is 0 Å². The quantitative estimate of drug-likeness (QED) is 0.577. The van der Waals surface area contributed by atoms with Gasteiger partial charge in [-0.2, -0.15) is 0 Å². The lowest BCUT2D eigenvalue weighted by atomic mass is 10.1. The highest BCUT2D eigenvalue weighted by Crippen LogP contribution is 2.37. The molecule has 9 heteroatoms. The van der Waals surface area contributed by atoms with E-state index < -0.39 is 15.7 Å². The first-order valence-corrected chi connectivity index (χ1v) is 12.6. The second-order valence-corrected chi connectivity index (χ2v) is 11.4. The molecule has 0 aliphatic carbocycles. The van der Waals surface area contributed by atoms with E-state index in [4.69, 9.17) is 0 Å². The minimum Gasteiger partial charge on any atom is -0.312 e. The summed E-state index contributed by atoms with van der Waals surface area (Å²) in [5.41, 5.74) is 1.48. The maximum atomic E-state index is 14.6. The monoisotopic (exact) mass is 532 g/mol. The molecule has 2 heterocycles. The van der Waals surface area contributed by atoms with Gasteiger partial charge in [0.05, 0.1) is 29.3 Å². The second-order valence-electron chi connectivity index (χ2n) is 6.50. The summed E-state index contributed by atoms with van der Waals surface area (Å²) in [5.74, 6) is 0.298. The largest absolute Gasteiger partial charge is 0.312 e. The van der Waals surface area contributed by atoms with Crippen molar-refractivity contribution >= 4 is 64.3 Å². The molecule has 0 N–H and O–H groups in total. The number of aliphatic imine (C=N–C) groups is 1. The van der Waals surface area contributed by atoms with Gasteiger partial charge < -0.3 is 4.90 Å².